The van der Waals surface area contributed by atoms with E-state index >= 15 is 0 Å². The van der Waals surface area contributed by atoms with Crippen molar-refractivity contribution in [2.45, 2.75) is 20.3 Å². The molecule has 0 saturated heterocycles. The summed E-state index contributed by atoms with van der Waals surface area (Å²) in [6.07, 6.45) is 2.66. The van der Waals surface area contributed by atoms with Gasteiger partial charge < -0.3 is 15.5 Å². The molecule has 6 heteroatoms. The van der Waals surface area contributed by atoms with Crippen molar-refractivity contribution in [2.24, 2.45) is 0 Å². The van der Waals surface area contributed by atoms with Gasteiger partial charge in [-0.3, -0.25) is 0 Å². The molecule has 2 aromatic rings. The number of hydrogen-bond donors (Lipinski definition) is 2. The van der Waals surface area contributed by atoms with Crippen LogP contribution >= 0.6 is 0 Å². The smallest absolute Gasteiger partial charge is 0.244 e. The Kier molecular flexibility index (Phi) is 5.66. The molecule has 0 atom stereocenters. The van der Waals surface area contributed by atoms with E-state index in [2.05, 4.69) is 70.8 Å². The van der Waals surface area contributed by atoms with Gasteiger partial charge in [-0.05, 0) is 64.2 Å². The third-order valence-corrected chi connectivity index (χ3v) is 3.40. The van der Waals surface area contributed by atoms with Crippen LogP contribution in [-0.4, -0.2) is 47.3 Å². The highest BCUT2D eigenvalue weighted by Gasteiger charge is 2.02. The lowest BCUT2D eigenvalue weighted by Crippen LogP contribution is -2.17. The van der Waals surface area contributed by atoms with Gasteiger partial charge in [0.15, 0.2) is 5.82 Å². The monoisotopic (exact) mass is 300 g/mol. The maximum absolute atomic E-state index is 4.43. The van der Waals surface area contributed by atoms with Crippen molar-refractivity contribution in [3.63, 3.8) is 0 Å². The van der Waals surface area contributed by atoms with Gasteiger partial charge in [0.2, 0.25) is 5.95 Å². The van der Waals surface area contributed by atoms with Gasteiger partial charge >= 0.3 is 0 Å². The standard InChI is InChI=1S/C16H24N6/c1-12-6-7-14(10-13(12)2)19-15-11-18-21-16(20-15)17-8-5-9-22(3)4/h6-7,10-11H,5,8-9H2,1-4H3,(H2,17,19,20,21). The molecule has 22 heavy (non-hydrogen) atoms. The molecule has 0 aliphatic rings. The fourth-order valence-corrected chi connectivity index (χ4v) is 2.00. The number of hydrogen-bond acceptors (Lipinski definition) is 6. The topological polar surface area (TPSA) is 66.0 Å². The third kappa shape index (κ3) is 4.96. The first kappa shape index (κ1) is 16.2. The second-order valence-corrected chi connectivity index (χ2v) is 5.67. The van der Waals surface area contributed by atoms with E-state index in [1.807, 2.05) is 6.07 Å². The fraction of sp³-hybridized carbons (Fsp3) is 0.438. The van der Waals surface area contributed by atoms with E-state index in [0.29, 0.717) is 11.8 Å². The summed E-state index contributed by atoms with van der Waals surface area (Å²) in [5, 5.41) is 14.4. The highest BCUT2D eigenvalue weighted by molar-refractivity contribution is 5.57. The Bertz CT molecular complexity index is 611. The summed E-state index contributed by atoms with van der Waals surface area (Å²) in [5.74, 6) is 1.24. The molecule has 0 saturated carbocycles. The number of anilines is 3. The van der Waals surface area contributed by atoms with Crippen LogP contribution in [-0.2, 0) is 0 Å². The molecule has 118 valence electrons. The summed E-state index contributed by atoms with van der Waals surface area (Å²) >= 11 is 0. The summed E-state index contributed by atoms with van der Waals surface area (Å²) in [7, 11) is 4.12. The summed E-state index contributed by atoms with van der Waals surface area (Å²) in [6.45, 7) is 6.05. The molecule has 0 unspecified atom stereocenters. The predicted octanol–water partition coefficient (Wildman–Crippen LogP) is 2.60. The maximum atomic E-state index is 4.43. The van der Waals surface area contributed by atoms with Crippen molar-refractivity contribution < 1.29 is 0 Å². The van der Waals surface area contributed by atoms with Gasteiger partial charge in [-0.25, -0.2) is 0 Å². The quantitative estimate of drug-likeness (QED) is 0.766. The first-order valence-corrected chi connectivity index (χ1v) is 7.47. The Morgan fingerprint density at radius 1 is 1.14 bits per heavy atom. The lowest BCUT2D eigenvalue weighted by molar-refractivity contribution is 0.405. The van der Waals surface area contributed by atoms with E-state index in [4.69, 9.17) is 0 Å². The van der Waals surface area contributed by atoms with Crippen molar-refractivity contribution in [1.82, 2.24) is 20.1 Å². The average molecular weight is 300 g/mol. The van der Waals surface area contributed by atoms with Crippen molar-refractivity contribution >= 4 is 17.5 Å². The molecule has 0 fully saturated rings. The Morgan fingerprint density at radius 2 is 1.95 bits per heavy atom. The summed E-state index contributed by atoms with van der Waals surface area (Å²) in [6, 6.07) is 6.23. The summed E-state index contributed by atoms with van der Waals surface area (Å²) < 4.78 is 0. The fourth-order valence-electron chi connectivity index (χ4n) is 2.00. The van der Waals surface area contributed by atoms with Crippen molar-refractivity contribution in [3.8, 4) is 0 Å². The normalized spacial score (nSPS) is 10.8. The van der Waals surface area contributed by atoms with Crippen LogP contribution in [0.4, 0.5) is 17.5 Å². The molecule has 1 aromatic carbocycles. The van der Waals surface area contributed by atoms with Gasteiger partial charge in [0.25, 0.3) is 0 Å². The predicted molar refractivity (Wildman–Crippen MR) is 90.7 cm³/mol. The molecule has 2 N–H and O–H groups in total. The van der Waals surface area contributed by atoms with Gasteiger partial charge in [0, 0.05) is 12.2 Å². The number of benzene rings is 1. The van der Waals surface area contributed by atoms with Crippen LogP contribution in [0.15, 0.2) is 24.4 Å². The van der Waals surface area contributed by atoms with E-state index in [-0.39, 0.29) is 0 Å². The highest BCUT2D eigenvalue weighted by atomic mass is 15.3. The minimum Gasteiger partial charge on any atom is -0.353 e. The van der Waals surface area contributed by atoms with Gasteiger partial charge in [-0.2, -0.15) is 10.1 Å². The Hall–Kier alpha value is -2.21. The third-order valence-electron chi connectivity index (χ3n) is 3.40. The van der Waals surface area contributed by atoms with Crippen LogP contribution in [0, 0.1) is 13.8 Å². The lowest BCUT2D eigenvalue weighted by atomic mass is 10.1. The molecule has 6 nitrogen and oxygen atoms in total. The van der Waals surface area contributed by atoms with E-state index in [9.17, 15) is 0 Å². The molecule has 0 spiro atoms. The first-order valence-electron chi connectivity index (χ1n) is 7.47. The van der Waals surface area contributed by atoms with E-state index in [0.717, 1.165) is 25.2 Å². The van der Waals surface area contributed by atoms with Gasteiger partial charge in [0.05, 0.1) is 6.20 Å². The largest absolute Gasteiger partial charge is 0.353 e. The minimum atomic E-state index is 0.549. The Labute approximate surface area is 132 Å². The van der Waals surface area contributed by atoms with Crippen LogP contribution in [0.25, 0.3) is 0 Å². The molecule has 0 aliphatic heterocycles. The van der Waals surface area contributed by atoms with Crippen LogP contribution in [0.5, 0.6) is 0 Å². The van der Waals surface area contributed by atoms with Crippen LogP contribution in [0.3, 0.4) is 0 Å². The molecule has 0 bridgehead atoms. The maximum Gasteiger partial charge on any atom is 0.244 e. The van der Waals surface area contributed by atoms with Gasteiger partial charge in [-0.15, -0.1) is 5.10 Å². The molecule has 1 heterocycles. The van der Waals surface area contributed by atoms with Crippen molar-refractivity contribution in [3.05, 3.63) is 35.5 Å². The Morgan fingerprint density at radius 3 is 2.68 bits per heavy atom. The zero-order valence-electron chi connectivity index (χ0n) is 13.7. The van der Waals surface area contributed by atoms with Crippen LogP contribution in [0.1, 0.15) is 17.5 Å². The number of nitrogens with one attached hydrogen (secondary N) is 2. The average Bonchev–Trinajstić information content (AvgIpc) is 2.48. The summed E-state index contributed by atoms with van der Waals surface area (Å²) in [4.78, 5) is 6.58. The first-order chi connectivity index (χ1) is 10.5. The van der Waals surface area contributed by atoms with E-state index < -0.39 is 0 Å². The zero-order chi connectivity index (χ0) is 15.9. The second kappa shape index (κ2) is 7.70. The molecular weight excluding hydrogens is 276 g/mol. The summed E-state index contributed by atoms with van der Waals surface area (Å²) in [5.41, 5.74) is 3.52. The van der Waals surface area contributed by atoms with Crippen molar-refractivity contribution in [1.29, 1.82) is 0 Å². The lowest BCUT2D eigenvalue weighted by Gasteiger charge is -2.10. The number of aromatic nitrogens is 3. The minimum absolute atomic E-state index is 0.549. The molecule has 0 amide bonds. The number of aryl methyl sites for hydroxylation is 2. The van der Waals surface area contributed by atoms with Crippen LogP contribution < -0.4 is 10.6 Å². The van der Waals surface area contributed by atoms with Crippen LogP contribution in [0.2, 0.25) is 0 Å². The van der Waals surface area contributed by atoms with Gasteiger partial charge in [0.1, 0.15) is 0 Å². The van der Waals surface area contributed by atoms with Crippen molar-refractivity contribution in [2.75, 3.05) is 37.8 Å². The molecule has 1 aromatic heterocycles. The number of rotatable bonds is 7. The second-order valence-electron chi connectivity index (χ2n) is 5.67. The Balaban J connectivity index is 1.94. The molecular formula is C16H24N6. The number of nitrogens with zero attached hydrogens (tertiary/aromatic N) is 4. The molecule has 0 aliphatic carbocycles. The zero-order valence-corrected chi connectivity index (χ0v) is 13.7. The molecule has 2 rings (SSSR count). The molecule has 0 radical (unpaired) electrons. The van der Waals surface area contributed by atoms with E-state index in [1.54, 1.807) is 6.20 Å². The SMILES string of the molecule is Cc1ccc(Nc2cnnc(NCCCN(C)C)n2)cc1C. The van der Waals surface area contributed by atoms with Gasteiger partial charge in [-0.1, -0.05) is 6.07 Å². The highest BCUT2D eigenvalue weighted by Crippen LogP contribution is 2.18. The van der Waals surface area contributed by atoms with E-state index in [1.165, 1.54) is 11.1 Å².